The first kappa shape index (κ1) is 20.9. The minimum Gasteiger partial charge on any atom is -0.469 e. The monoisotopic (exact) mass is 446 g/mol. The molecule has 32 heavy (non-hydrogen) atoms. The predicted octanol–water partition coefficient (Wildman–Crippen LogP) is 5.03. The Labute approximate surface area is 190 Å². The highest BCUT2D eigenvalue weighted by atomic mass is 32.1. The third-order valence-electron chi connectivity index (χ3n) is 6.37. The van der Waals surface area contributed by atoms with E-state index in [9.17, 15) is 9.59 Å². The Morgan fingerprint density at radius 2 is 1.94 bits per heavy atom. The fraction of sp³-hybridized carbons (Fsp3) is 0.346. The lowest BCUT2D eigenvalue weighted by molar-refractivity contribution is -0.140. The van der Waals surface area contributed by atoms with Crippen LogP contribution in [-0.2, 0) is 35.3 Å². The van der Waals surface area contributed by atoms with E-state index < -0.39 is 0 Å². The first-order valence-electron chi connectivity index (χ1n) is 11.2. The lowest BCUT2D eigenvalue weighted by Crippen LogP contribution is -2.26. The van der Waals surface area contributed by atoms with E-state index in [1.54, 1.807) is 15.9 Å². The maximum Gasteiger partial charge on any atom is 0.305 e. The average molecular weight is 447 g/mol. The smallest absolute Gasteiger partial charge is 0.305 e. The molecule has 0 aliphatic heterocycles. The molecule has 0 atom stereocenters. The second kappa shape index (κ2) is 8.87. The maximum absolute atomic E-state index is 13.7. The summed E-state index contributed by atoms with van der Waals surface area (Å²) in [4.78, 5) is 32.6. The van der Waals surface area contributed by atoms with Crippen molar-refractivity contribution >= 4 is 38.3 Å². The largest absolute Gasteiger partial charge is 0.469 e. The molecule has 5 nitrogen and oxygen atoms in total. The highest BCUT2D eigenvalue weighted by Crippen LogP contribution is 2.34. The molecular formula is C26H26N2O3S. The number of ether oxygens (including phenoxy) is 1. The number of esters is 1. The fourth-order valence-corrected chi connectivity index (χ4v) is 6.02. The number of carbonyl (C=O) groups excluding carboxylic acids is 1. The van der Waals surface area contributed by atoms with Gasteiger partial charge in [0.25, 0.3) is 5.56 Å². The summed E-state index contributed by atoms with van der Waals surface area (Å²) < 4.78 is 6.58. The van der Waals surface area contributed by atoms with Gasteiger partial charge in [0.15, 0.2) is 0 Å². The van der Waals surface area contributed by atoms with Crippen LogP contribution in [-0.4, -0.2) is 22.6 Å². The van der Waals surface area contributed by atoms with Crippen molar-refractivity contribution in [1.29, 1.82) is 0 Å². The van der Waals surface area contributed by atoms with Gasteiger partial charge in [0.05, 0.1) is 12.5 Å². The van der Waals surface area contributed by atoms with Crippen LogP contribution in [0.25, 0.3) is 21.0 Å². The zero-order valence-corrected chi connectivity index (χ0v) is 19.0. The summed E-state index contributed by atoms with van der Waals surface area (Å²) in [6.07, 6.45) is 5.71. The summed E-state index contributed by atoms with van der Waals surface area (Å²) in [5, 5.41) is 3.15. The molecule has 2 aromatic heterocycles. The van der Waals surface area contributed by atoms with Crippen LogP contribution in [0.5, 0.6) is 0 Å². The number of rotatable bonds is 6. The van der Waals surface area contributed by atoms with Crippen molar-refractivity contribution in [2.75, 3.05) is 7.11 Å². The molecule has 5 rings (SSSR count). The number of aryl methyl sites for hydroxylation is 2. The number of aromatic nitrogens is 2. The van der Waals surface area contributed by atoms with Crippen LogP contribution in [0, 0.1) is 0 Å². The minimum absolute atomic E-state index is 0.0366. The van der Waals surface area contributed by atoms with Crippen LogP contribution in [0.4, 0.5) is 0 Å². The van der Waals surface area contributed by atoms with Gasteiger partial charge in [-0.1, -0.05) is 42.5 Å². The fourth-order valence-electron chi connectivity index (χ4n) is 4.75. The standard InChI is InChI=1S/C26H26N2O3S/c1-31-23(29)14-7-15-28-22(16-18-10-6-9-17-8-2-3-11-19(17)18)27-25-24(26(28)30)20-12-4-5-13-21(20)32-25/h2-3,6,8-11H,4-5,7,12-16H2,1H3. The molecule has 0 saturated carbocycles. The molecular weight excluding hydrogens is 420 g/mol. The number of methoxy groups -OCH3 is 1. The molecule has 0 N–H and O–H groups in total. The van der Waals surface area contributed by atoms with E-state index in [-0.39, 0.29) is 17.9 Å². The van der Waals surface area contributed by atoms with Crippen LogP contribution in [0.1, 0.15) is 47.5 Å². The molecule has 1 aliphatic rings. The van der Waals surface area contributed by atoms with E-state index in [2.05, 4.69) is 30.3 Å². The van der Waals surface area contributed by atoms with Gasteiger partial charge in [0, 0.05) is 24.3 Å². The van der Waals surface area contributed by atoms with Gasteiger partial charge >= 0.3 is 5.97 Å². The molecule has 4 aromatic rings. The quantitative estimate of drug-likeness (QED) is 0.390. The van der Waals surface area contributed by atoms with Crippen LogP contribution in [0.15, 0.2) is 47.3 Å². The van der Waals surface area contributed by atoms with Gasteiger partial charge in [-0.3, -0.25) is 14.2 Å². The van der Waals surface area contributed by atoms with Crippen molar-refractivity contribution in [2.24, 2.45) is 0 Å². The predicted molar refractivity (Wildman–Crippen MR) is 129 cm³/mol. The van der Waals surface area contributed by atoms with Crippen molar-refractivity contribution in [3.8, 4) is 0 Å². The van der Waals surface area contributed by atoms with Crippen molar-refractivity contribution in [3.05, 3.63) is 74.6 Å². The number of nitrogens with zero attached hydrogens (tertiary/aromatic N) is 2. The van der Waals surface area contributed by atoms with E-state index in [4.69, 9.17) is 9.72 Å². The van der Waals surface area contributed by atoms with Crippen LogP contribution >= 0.6 is 11.3 Å². The van der Waals surface area contributed by atoms with Gasteiger partial charge in [-0.25, -0.2) is 4.98 Å². The van der Waals surface area contributed by atoms with E-state index in [1.165, 1.54) is 34.7 Å². The highest BCUT2D eigenvalue weighted by molar-refractivity contribution is 7.18. The van der Waals surface area contributed by atoms with Crippen LogP contribution < -0.4 is 5.56 Å². The molecule has 2 aromatic carbocycles. The number of carbonyl (C=O) groups is 1. The Morgan fingerprint density at radius 3 is 2.81 bits per heavy atom. The normalized spacial score (nSPS) is 13.4. The summed E-state index contributed by atoms with van der Waals surface area (Å²) >= 11 is 1.68. The Bertz CT molecular complexity index is 1360. The molecule has 0 spiro atoms. The third-order valence-corrected chi connectivity index (χ3v) is 7.56. The van der Waals surface area contributed by atoms with Crippen LogP contribution in [0.2, 0.25) is 0 Å². The molecule has 164 valence electrons. The van der Waals surface area contributed by atoms with E-state index >= 15 is 0 Å². The topological polar surface area (TPSA) is 61.2 Å². The van der Waals surface area contributed by atoms with Gasteiger partial charge in [0.2, 0.25) is 0 Å². The Hall–Kier alpha value is -2.99. The molecule has 1 aliphatic carbocycles. The Balaban J connectivity index is 1.61. The van der Waals surface area contributed by atoms with Crippen molar-refractivity contribution < 1.29 is 9.53 Å². The van der Waals surface area contributed by atoms with Gasteiger partial charge in [-0.2, -0.15) is 0 Å². The third kappa shape index (κ3) is 3.84. The number of fused-ring (bicyclic) bond motifs is 4. The molecule has 0 radical (unpaired) electrons. The Kier molecular flexibility index (Phi) is 5.79. The zero-order chi connectivity index (χ0) is 22.1. The van der Waals surface area contributed by atoms with Crippen molar-refractivity contribution in [3.63, 3.8) is 0 Å². The van der Waals surface area contributed by atoms with E-state index in [0.717, 1.165) is 40.9 Å². The van der Waals surface area contributed by atoms with Crippen molar-refractivity contribution in [2.45, 2.75) is 51.5 Å². The van der Waals surface area contributed by atoms with E-state index in [1.807, 2.05) is 12.1 Å². The lowest BCUT2D eigenvalue weighted by Gasteiger charge is -2.15. The van der Waals surface area contributed by atoms with Gasteiger partial charge in [0.1, 0.15) is 10.7 Å². The molecule has 0 bridgehead atoms. The van der Waals surface area contributed by atoms with Crippen LogP contribution in [0.3, 0.4) is 0 Å². The number of thiophene rings is 1. The second-order valence-electron chi connectivity index (χ2n) is 8.37. The van der Waals surface area contributed by atoms with Gasteiger partial charge in [-0.05, 0) is 54.0 Å². The molecule has 0 unspecified atom stereocenters. The van der Waals surface area contributed by atoms with Crippen molar-refractivity contribution in [1.82, 2.24) is 9.55 Å². The molecule has 0 fully saturated rings. The molecule has 6 heteroatoms. The summed E-state index contributed by atoms with van der Waals surface area (Å²) in [7, 11) is 1.39. The van der Waals surface area contributed by atoms with Gasteiger partial charge < -0.3 is 4.74 Å². The first-order valence-corrected chi connectivity index (χ1v) is 12.0. The average Bonchev–Trinajstić information content (AvgIpc) is 3.19. The zero-order valence-electron chi connectivity index (χ0n) is 18.2. The second-order valence-corrected chi connectivity index (χ2v) is 9.45. The lowest BCUT2D eigenvalue weighted by atomic mass is 9.97. The number of hydrogen-bond acceptors (Lipinski definition) is 5. The maximum atomic E-state index is 13.7. The minimum atomic E-state index is -0.254. The number of benzene rings is 2. The molecule has 0 amide bonds. The molecule has 0 saturated heterocycles. The Morgan fingerprint density at radius 1 is 1.12 bits per heavy atom. The number of hydrogen-bond donors (Lipinski definition) is 0. The molecule has 2 heterocycles. The first-order chi connectivity index (χ1) is 15.7. The summed E-state index contributed by atoms with van der Waals surface area (Å²) in [5.74, 6) is 0.512. The van der Waals surface area contributed by atoms with Gasteiger partial charge in [-0.15, -0.1) is 11.3 Å². The summed E-state index contributed by atoms with van der Waals surface area (Å²) in [6, 6.07) is 14.6. The summed E-state index contributed by atoms with van der Waals surface area (Å²) in [5.41, 5.74) is 2.39. The SMILES string of the molecule is COC(=O)CCCn1c(Cc2cccc3ccccc23)nc2sc3c(c2c1=O)CCCC3. The van der Waals surface area contributed by atoms with E-state index in [0.29, 0.717) is 19.4 Å². The highest BCUT2D eigenvalue weighted by Gasteiger charge is 2.22. The summed E-state index contributed by atoms with van der Waals surface area (Å²) in [6.45, 7) is 0.460.